The highest BCUT2D eigenvalue weighted by Crippen LogP contribution is 2.48. The summed E-state index contributed by atoms with van der Waals surface area (Å²) in [4.78, 5) is 0. The summed E-state index contributed by atoms with van der Waals surface area (Å²) in [6.07, 6.45) is 0. The van der Waals surface area contributed by atoms with E-state index in [1.165, 1.54) is 8.94 Å². The first kappa shape index (κ1) is 14.0. The van der Waals surface area contributed by atoms with E-state index in [1.54, 1.807) is 24.3 Å². The molecule has 0 unspecified atom stereocenters. The fraction of sp³-hybridized carbons (Fsp3) is 0. The maximum atomic E-state index is 12.1. The zero-order valence-corrected chi connectivity index (χ0v) is 13.3. The zero-order chi connectivity index (χ0) is 14.9. The van der Waals surface area contributed by atoms with Gasteiger partial charge in [0.05, 0.1) is 0 Å². The molecule has 0 atom stereocenters. The number of anilines is 2. The van der Waals surface area contributed by atoms with Crippen molar-refractivity contribution >= 4 is 44.1 Å². The van der Waals surface area contributed by atoms with Crippen LogP contribution < -0.4 is 17.3 Å². The highest BCUT2D eigenvalue weighted by atomic mass is 32.2. The minimum absolute atomic E-state index is 0.639. The van der Waals surface area contributed by atoms with Crippen molar-refractivity contribution < 1.29 is 22.2 Å². The van der Waals surface area contributed by atoms with Crippen LogP contribution in [0.4, 0.5) is 11.4 Å². The molecular weight excluding hydrogens is 347 g/mol. The minimum Gasteiger partial charge on any atom is -0.401 e. The normalized spacial score (nSPS) is 15.1. The van der Waals surface area contributed by atoms with Crippen molar-refractivity contribution in [3.63, 3.8) is 0 Å². The Morgan fingerprint density at radius 2 is 1.27 bits per heavy atom. The van der Waals surface area contributed by atoms with Crippen LogP contribution in [0.25, 0.3) is 0 Å². The molecule has 2 aromatic rings. The Hall–Kier alpha value is -1.64. The Bertz CT molecular complexity index is 675. The van der Waals surface area contributed by atoms with Crippen LogP contribution in [-0.4, -0.2) is 0 Å². The number of fused-ring (bicyclic) bond motifs is 2. The van der Waals surface area contributed by atoms with E-state index in [4.69, 9.17) is 17.6 Å². The van der Waals surface area contributed by atoms with Crippen LogP contribution >= 0.6 is 32.7 Å². The Labute approximate surface area is 135 Å². The van der Waals surface area contributed by atoms with Gasteiger partial charge in [-0.3, -0.25) is 0 Å². The van der Waals surface area contributed by atoms with Gasteiger partial charge in [-0.1, -0.05) is 24.3 Å². The van der Waals surface area contributed by atoms with E-state index in [0.717, 1.165) is 24.5 Å². The van der Waals surface area contributed by atoms with Gasteiger partial charge in [0.15, 0.2) is 11.5 Å². The third-order valence-electron chi connectivity index (χ3n) is 2.80. The number of benzene rings is 2. The lowest BCUT2D eigenvalue weighted by molar-refractivity contribution is 0.253. The van der Waals surface area contributed by atoms with E-state index >= 15 is 0 Å². The average molecular weight is 355 g/mol. The average Bonchev–Trinajstić information content (AvgIpc) is 3.13. The fourth-order valence-electron chi connectivity index (χ4n) is 1.84. The molecule has 7 nitrogen and oxygen atoms in total. The second-order valence-electron chi connectivity index (χ2n) is 4.15. The molecule has 0 saturated heterocycles. The van der Waals surface area contributed by atoms with E-state index in [1.807, 2.05) is 24.3 Å². The molecule has 22 heavy (non-hydrogen) atoms. The molecule has 0 saturated carbocycles. The lowest BCUT2D eigenvalue weighted by Crippen LogP contribution is -2.12. The summed E-state index contributed by atoms with van der Waals surface area (Å²) in [7, 11) is -2.45. The van der Waals surface area contributed by atoms with Crippen LogP contribution in [0.5, 0.6) is 11.5 Å². The quantitative estimate of drug-likeness (QED) is 0.450. The van der Waals surface area contributed by atoms with Crippen molar-refractivity contribution in [3.8, 4) is 11.5 Å². The molecule has 112 valence electrons. The molecule has 2 heterocycles. The van der Waals surface area contributed by atoms with Gasteiger partial charge in [0.1, 0.15) is 11.4 Å². The first-order valence-electron chi connectivity index (χ1n) is 6.12. The summed E-state index contributed by atoms with van der Waals surface area (Å²) < 4.78 is 35.9. The molecule has 0 spiro atoms. The third-order valence-corrected chi connectivity index (χ3v) is 4.93. The maximum absolute atomic E-state index is 12.1. The fourth-order valence-corrected chi connectivity index (χ4v) is 3.87. The Morgan fingerprint density at radius 3 is 1.77 bits per heavy atom. The Kier molecular flexibility index (Phi) is 3.73. The molecule has 2 aromatic carbocycles. The predicted octanol–water partition coefficient (Wildman–Crippen LogP) is 4.43. The summed E-state index contributed by atoms with van der Waals surface area (Å²) >= 11 is 1.87. The predicted molar refractivity (Wildman–Crippen MR) is 84.1 cm³/mol. The van der Waals surface area contributed by atoms with E-state index in [0.29, 0.717) is 22.9 Å². The molecule has 10 heteroatoms. The van der Waals surface area contributed by atoms with Gasteiger partial charge < -0.3 is 8.37 Å². The van der Waals surface area contributed by atoms with Crippen LogP contribution in [0, 0.1) is 0 Å². The van der Waals surface area contributed by atoms with Crippen molar-refractivity contribution in [3.05, 3.63) is 48.5 Å². The van der Waals surface area contributed by atoms with Crippen LogP contribution in [0.1, 0.15) is 0 Å². The Balaban J connectivity index is 1.42. The van der Waals surface area contributed by atoms with Gasteiger partial charge in [0.25, 0.3) is 0 Å². The summed E-state index contributed by atoms with van der Waals surface area (Å²) in [6.45, 7) is 0. The summed E-state index contributed by atoms with van der Waals surface area (Å²) in [6, 6.07) is 14.5. The monoisotopic (exact) mass is 355 g/mol. The van der Waals surface area contributed by atoms with Gasteiger partial charge in [-0.15, -0.1) is 8.94 Å². The van der Waals surface area contributed by atoms with Crippen molar-refractivity contribution in [1.82, 2.24) is 0 Å². The van der Waals surface area contributed by atoms with Crippen LogP contribution in [-0.2, 0) is 13.8 Å². The molecule has 0 aliphatic carbocycles. The van der Waals surface area contributed by atoms with Crippen molar-refractivity contribution in [1.29, 1.82) is 0 Å². The summed E-state index contributed by atoms with van der Waals surface area (Å²) in [5, 5.41) is 0. The standard InChI is InChI=1S/C12H8N2O5PS2/c15-20(18-13-9-5-1-3-7-11(9)16-21-13)19-14-10-6-2-4-8-12(10)17-22-14/h1-8H/q+1. The molecule has 0 N–H and O–H groups in total. The van der Waals surface area contributed by atoms with Crippen LogP contribution in [0.2, 0.25) is 0 Å². The largest absolute Gasteiger partial charge is 0.748 e. The molecule has 0 bridgehead atoms. The lowest BCUT2D eigenvalue weighted by atomic mass is 10.3. The Morgan fingerprint density at radius 1 is 0.818 bits per heavy atom. The number of nitrogens with zero attached hydrogens (tertiary/aromatic N) is 2. The second kappa shape index (κ2) is 5.86. The van der Waals surface area contributed by atoms with Crippen molar-refractivity contribution in [2.45, 2.75) is 0 Å². The van der Waals surface area contributed by atoms with E-state index in [-0.39, 0.29) is 0 Å². The third kappa shape index (κ3) is 2.57. The smallest absolute Gasteiger partial charge is 0.401 e. The highest BCUT2D eigenvalue weighted by Gasteiger charge is 2.39. The molecule has 2 aliphatic heterocycles. The SMILES string of the molecule is O=[P+](ON1SOc2ccccc21)ON1SOc2ccccc21. The minimum atomic E-state index is -2.45. The van der Waals surface area contributed by atoms with Crippen LogP contribution in [0.3, 0.4) is 0 Å². The summed E-state index contributed by atoms with van der Waals surface area (Å²) in [5.74, 6) is 1.28. The lowest BCUT2D eigenvalue weighted by Gasteiger charge is -2.06. The molecule has 0 fully saturated rings. The van der Waals surface area contributed by atoms with Gasteiger partial charge in [0.2, 0.25) is 24.5 Å². The second-order valence-corrected chi connectivity index (χ2v) is 6.22. The van der Waals surface area contributed by atoms with E-state index in [2.05, 4.69) is 0 Å². The zero-order valence-electron chi connectivity index (χ0n) is 10.8. The van der Waals surface area contributed by atoms with E-state index in [9.17, 15) is 4.57 Å². The van der Waals surface area contributed by atoms with Crippen molar-refractivity contribution in [2.24, 2.45) is 0 Å². The molecule has 4 rings (SSSR count). The molecule has 0 aromatic heterocycles. The topological polar surface area (TPSA) is 60.5 Å². The highest BCUT2D eigenvalue weighted by molar-refractivity contribution is 7.97. The number of hydrogen-bond donors (Lipinski definition) is 0. The van der Waals surface area contributed by atoms with E-state index < -0.39 is 8.25 Å². The molecule has 0 amide bonds. The van der Waals surface area contributed by atoms with Gasteiger partial charge in [-0.05, 0) is 24.3 Å². The molecule has 0 radical (unpaired) electrons. The molecular formula is C12H8N2O5PS2+. The number of rotatable bonds is 4. The first-order valence-corrected chi connectivity index (χ1v) is 8.61. The molecule has 2 aliphatic rings. The van der Waals surface area contributed by atoms with Gasteiger partial charge in [-0.25, -0.2) is 0 Å². The van der Waals surface area contributed by atoms with Gasteiger partial charge in [0, 0.05) is 13.8 Å². The maximum Gasteiger partial charge on any atom is 0.748 e. The van der Waals surface area contributed by atoms with Crippen molar-refractivity contribution in [2.75, 3.05) is 8.94 Å². The summed E-state index contributed by atoms with van der Waals surface area (Å²) in [5.41, 5.74) is 1.34. The van der Waals surface area contributed by atoms with Gasteiger partial charge >= 0.3 is 8.25 Å². The number of para-hydroxylation sites is 4. The van der Waals surface area contributed by atoms with Crippen LogP contribution in [0.15, 0.2) is 48.5 Å². The number of hydrogen-bond acceptors (Lipinski definition) is 9. The van der Waals surface area contributed by atoms with Gasteiger partial charge in [-0.2, -0.15) is 0 Å². The first-order chi connectivity index (χ1) is 10.8.